The maximum absolute atomic E-state index is 12.7. The molecule has 5 heteroatoms. The molecule has 1 fully saturated rings. The van der Waals surface area contributed by atoms with Crippen LogP contribution in [0.4, 0.5) is 0 Å². The van der Waals surface area contributed by atoms with Crippen LogP contribution in [0, 0.1) is 5.92 Å². The van der Waals surface area contributed by atoms with E-state index in [9.17, 15) is 4.79 Å². The molecule has 2 rings (SSSR count). The molecule has 2 N–H and O–H groups in total. The molecule has 0 spiro atoms. The van der Waals surface area contributed by atoms with Gasteiger partial charge < -0.3 is 10.6 Å². The Morgan fingerprint density at radius 3 is 2.90 bits per heavy atom. The zero-order chi connectivity index (χ0) is 14.7. The Morgan fingerprint density at radius 1 is 1.50 bits per heavy atom. The average Bonchev–Trinajstić information content (AvgIpc) is 2.94. The van der Waals surface area contributed by atoms with Crippen LogP contribution >= 0.6 is 23.4 Å². The first-order chi connectivity index (χ1) is 9.58. The number of hydrogen-bond donors (Lipinski definition) is 1. The lowest BCUT2D eigenvalue weighted by Crippen LogP contribution is -2.41. The first-order valence-corrected chi connectivity index (χ1v) is 8.49. The topological polar surface area (TPSA) is 46.3 Å². The van der Waals surface area contributed by atoms with Gasteiger partial charge in [-0.1, -0.05) is 18.0 Å². The number of rotatable bonds is 4. The Labute approximate surface area is 129 Å². The summed E-state index contributed by atoms with van der Waals surface area (Å²) in [5.74, 6) is 0.405. The van der Waals surface area contributed by atoms with Gasteiger partial charge in [0.05, 0.1) is 10.6 Å². The zero-order valence-electron chi connectivity index (χ0n) is 11.9. The molecular weight excluding hydrogens is 292 g/mol. The van der Waals surface area contributed by atoms with Crippen LogP contribution in [-0.4, -0.2) is 36.7 Å². The van der Waals surface area contributed by atoms with Crippen molar-refractivity contribution in [3.05, 3.63) is 28.8 Å². The van der Waals surface area contributed by atoms with Crippen molar-refractivity contribution < 1.29 is 4.79 Å². The summed E-state index contributed by atoms with van der Waals surface area (Å²) in [5.41, 5.74) is 6.40. The van der Waals surface area contributed by atoms with Crippen molar-refractivity contribution in [1.29, 1.82) is 0 Å². The van der Waals surface area contributed by atoms with E-state index >= 15 is 0 Å². The lowest BCUT2D eigenvalue weighted by molar-refractivity contribution is 0.0700. The number of carbonyl (C=O) groups is 1. The summed E-state index contributed by atoms with van der Waals surface area (Å²) in [7, 11) is 1.86. The summed E-state index contributed by atoms with van der Waals surface area (Å²) in [5, 5.41) is 0.516. The molecule has 2 unspecified atom stereocenters. The highest BCUT2D eigenvalue weighted by atomic mass is 35.5. The molecule has 0 heterocycles. The second-order valence-corrected chi connectivity index (χ2v) is 6.54. The quantitative estimate of drug-likeness (QED) is 0.868. The molecule has 1 aliphatic rings. The van der Waals surface area contributed by atoms with Gasteiger partial charge in [0.1, 0.15) is 0 Å². The number of nitrogens with two attached hydrogens (primary N) is 1. The highest BCUT2D eigenvalue weighted by molar-refractivity contribution is 7.98. The molecule has 110 valence electrons. The van der Waals surface area contributed by atoms with Crippen LogP contribution in [0.15, 0.2) is 23.1 Å². The molecule has 2 atom stereocenters. The molecule has 1 saturated carbocycles. The molecule has 0 radical (unpaired) electrons. The minimum absolute atomic E-state index is 0.00347. The van der Waals surface area contributed by atoms with E-state index in [4.69, 9.17) is 17.3 Å². The maximum atomic E-state index is 12.7. The number of nitrogens with zero attached hydrogens (tertiary/aromatic N) is 1. The second-order valence-electron chi connectivity index (χ2n) is 5.26. The fourth-order valence-electron chi connectivity index (χ4n) is 2.94. The van der Waals surface area contributed by atoms with Gasteiger partial charge in [-0.25, -0.2) is 0 Å². The van der Waals surface area contributed by atoms with E-state index in [1.807, 2.05) is 30.3 Å². The Balaban J connectivity index is 2.22. The molecule has 0 aromatic heterocycles. The van der Waals surface area contributed by atoms with Gasteiger partial charge >= 0.3 is 0 Å². The Morgan fingerprint density at radius 2 is 2.25 bits per heavy atom. The summed E-state index contributed by atoms with van der Waals surface area (Å²) in [6.45, 7) is 0.640. The van der Waals surface area contributed by atoms with Crippen LogP contribution < -0.4 is 5.73 Å². The van der Waals surface area contributed by atoms with Crippen LogP contribution in [0.5, 0.6) is 0 Å². The van der Waals surface area contributed by atoms with E-state index in [2.05, 4.69) is 0 Å². The molecule has 0 saturated heterocycles. The number of benzene rings is 1. The summed E-state index contributed by atoms with van der Waals surface area (Å²) >= 11 is 7.80. The molecule has 20 heavy (non-hydrogen) atoms. The number of carbonyl (C=O) groups excluding carboxylic acids is 1. The first kappa shape index (κ1) is 15.7. The third-order valence-electron chi connectivity index (χ3n) is 4.14. The van der Waals surface area contributed by atoms with Crippen LogP contribution in [-0.2, 0) is 0 Å². The average molecular weight is 313 g/mol. The maximum Gasteiger partial charge on any atom is 0.255 e. The summed E-state index contributed by atoms with van der Waals surface area (Å²) < 4.78 is 0. The van der Waals surface area contributed by atoms with Gasteiger partial charge in [0.25, 0.3) is 5.91 Å². The predicted octanol–water partition coefficient (Wildman–Crippen LogP) is 3.26. The van der Waals surface area contributed by atoms with Gasteiger partial charge in [0, 0.05) is 18.0 Å². The van der Waals surface area contributed by atoms with Crippen molar-refractivity contribution in [3.63, 3.8) is 0 Å². The largest absolute Gasteiger partial charge is 0.338 e. The fourth-order valence-corrected chi connectivity index (χ4v) is 3.58. The predicted molar refractivity (Wildman–Crippen MR) is 85.5 cm³/mol. The molecular formula is C15H21ClN2OS. The lowest BCUT2D eigenvalue weighted by Gasteiger charge is -2.29. The van der Waals surface area contributed by atoms with Crippen molar-refractivity contribution in [1.82, 2.24) is 4.90 Å². The van der Waals surface area contributed by atoms with Crippen molar-refractivity contribution in [3.8, 4) is 0 Å². The van der Waals surface area contributed by atoms with E-state index in [0.29, 0.717) is 23.0 Å². The van der Waals surface area contributed by atoms with Crippen LogP contribution in [0.3, 0.4) is 0 Å². The number of amides is 1. The van der Waals surface area contributed by atoms with Gasteiger partial charge in [-0.3, -0.25) is 4.79 Å². The highest BCUT2D eigenvalue weighted by Crippen LogP contribution is 2.31. The van der Waals surface area contributed by atoms with Crippen LogP contribution in [0.25, 0.3) is 0 Å². The van der Waals surface area contributed by atoms with Crippen LogP contribution in [0.2, 0.25) is 5.02 Å². The van der Waals surface area contributed by atoms with Gasteiger partial charge in [0.2, 0.25) is 0 Å². The van der Waals surface area contributed by atoms with Gasteiger partial charge in [-0.2, -0.15) is 0 Å². The summed E-state index contributed by atoms with van der Waals surface area (Å²) in [4.78, 5) is 15.6. The monoisotopic (exact) mass is 312 g/mol. The summed E-state index contributed by atoms with van der Waals surface area (Å²) in [6, 6.07) is 5.84. The van der Waals surface area contributed by atoms with Gasteiger partial charge in [-0.05, 0) is 49.8 Å². The molecule has 1 aromatic rings. The highest BCUT2D eigenvalue weighted by Gasteiger charge is 2.32. The van der Waals surface area contributed by atoms with E-state index in [1.54, 1.807) is 17.8 Å². The van der Waals surface area contributed by atoms with E-state index < -0.39 is 0 Å². The fraction of sp³-hybridized carbons (Fsp3) is 0.533. The Bertz CT molecular complexity index is 495. The van der Waals surface area contributed by atoms with Crippen molar-refractivity contribution in [2.24, 2.45) is 11.7 Å². The molecule has 1 aliphatic carbocycles. The zero-order valence-corrected chi connectivity index (χ0v) is 13.5. The Hall–Kier alpha value is -0.710. The smallest absolute Gasteiger partial charge is 0.255 e. The van der Waals surface area contributed by atoms with E-state index in [0.717, 1.165) is 24.2 Å². The molecule has 1 amide bonds. The minimum atomic E-state index is -0.00347. The van der Waals surface area contributed by atoms with E-state index in [-0.39, 0.29) is 11.9 Å². The van der Waals surface area contributed by atoms with Crippen LogP contribution in [0.1, 0.15) is 29.6 Å². The summed E-state index contributed by atoms with van der Waals surface area (Å²) in [6.07, 6.45) is 5.27. The standard InChI is InChI=1S/C15H21ClN2OS/c1-18(14-5-3-4-10(14)9-17)15(19)12-8-11(20-2)6-7-13(12)16/h6-8,10,14H,3-5,9,17H2,1-2H3. The molecule has 0 aliphatic heterocycles. The van der Waals surface area contributed by atoms with Crippen molar-refractivity contribution >= 4 is 29.3 Å². The minimum Gasteiger partial charge on any atom is -0.338 e. The second kappa shape index (κ2) is 6.83. The first-order valence-electron chi connectivity index (χ1n) is 6.89. The number of hydrogen-bond acceptors (Lipinski definition) is 3. The molecule has 3 nitrogen and oxygen atoms in total. The SMILES string of the molecule is CSc1ccc(Cl)c(C(=O)N(C)C2CCCC2CN)c1. The van der Waals surface area contributed by atoms with Crippen molar-refractivity contribution in [2.75, 3.05) is 19.8 Å². The third-order valence-corrected chi connectivity index (χ3v) is 5.20. The normalized spacial score (nSPS) is 22.0. The van der Waals surface area contributed by atoms with Gasteiger partial charge in [-0.15, -0.1) is 11.8 Å². The van der Waals surface area contributed by atoms with Gasteiger partial charge in [0.15, 0.2) is 0 Å². The van der Waals surface area contributed by atoms with Crippen molar-refractivity contribution in [2.45, 2.75) is 30.2 Å². The number of thioether (sulfide) groups is 1. The molecule has 0 bridgehead atoms. The third kappa shape index (κ3) is 3.13. The van der Waals surface area contributed by atoms with E-state index in [1.165, 1.54) is 0 Å². The Kier molecular flexibility index (Phi) is 5.35. The lowest BCUT2D eigenvalue weighted by atomic mass is 10.0. The number of halogens is 1. The molecule has 1 aromatic carbocycles.